The molecule has 0 fully saturated rings. The maximum atomic E-state index is 9.46. The smallest absolute Gasteiger partial charge is 0.111 e. The summed E-state index contributed by atoms with van der Waals surface area (Å²) < 4.78 is 6.78. The number of aromatic nitrogens is 3. The van der Waals surface area contributed by atoms with Gasteiger partial charge in [0.25, 0.3) is 0 Å². The molecule has 1 unspecified atom stereocenters. The molecule has 2 rings (SSSR count). The van der Waals surface area contributed by atoms with Crippen LogP contribution in [0.15, 0.2) is 30.5 Å². The van der Waals surface area contributed by atoms with Crippen LogP contribution in [-0.4, -0.2) is 33.8 Å². The fourth-order valence-electron chi connectivity index (χ4n) is 1.74. The van der Waals surface area contributed by atoms with Crippen LogP contribution in [0.25, 0.3) is 5.69 Å². The first-order chi connectivity index (χ1) is 8.72. The molecular formula is C13H17N3O2. The molecule has 2 aromatic rings. The second kappa shape index (κ2) is 5.75. The van der Waals surface area contributed by atoms with Gasteiger partial charge in [-0.2, -0.15) is 0 Å². The van der Waals surface area contributed by atoms with E-state index in [0.717, 1.165) is 17.7 Å². The largest absolute Gasteiger partial charge is 0.387 e. The molecule has 5 nitrogen and oxygen atoms in total. The summed E-state index contributed by atoms with van der Waals surface area (Å²) in [5.74, 6) is 0. The molecule has 1 N–H and O–H groups in total. The molecule has 0 bridgehead atoms. The van der Waals surface area contributed by atoms with Gasteiger partial charge in [0.15, 0.2) is 0 Å². The van der Waals surface area contributed by atoms with Crippen molar-refractivity contribution in [1.82, 2.24) is 15.0 Å². The van der Waals surface area contributed by atoms with Crippen molar-refractivity contribution in [2.45, 2.75) is 19.4 Å². The van der Waals surface area contributed by atoms with Crippen LogP contribution in [0.4, 0.5) is 0 Å². The van der Waals surface area contributed by atoms with E-state index in [2.05, 4.69) is 10.3 Å². The molecule has 0 amide bonds. The van der Waals surface area contributed by atoms with E-state index in [4.69, 9.17) is 4.74 Å². The highest BCUT2D eigenvalue weighted by Crippen LogP contribution is 2.16. The Morgan fingerprint density at radius 1 is 1.39 bits per heavy atom. The predicted octanol–water partition coefficient (Wildman–Crippen LogP) is 1.51. The van der Waals surface area contributed by atoms with E-state index >= 15 is 0 Å². The van der Waals surface area contributed by atoms with Crippen LogP contribution in [0.3, 0.4) is 0 Å². The van der Waals surface area contributed by atoms with Gasteiger partial charge < -0.3 is 9.84 Å². The molecule has 1 atom stereocenters. The fraction of sp³-hybridized carbons (Fsp3) is 0.385. The molecule has 0 aliphatic rings. The van der Waals surface area contributed by atoms with E-state index in [-0.39, 0.29) is 0 Å². The number of aliphatic hydroxyl groups is 1. The van der Waals surface area contributed by atoms with Gasteiger partial charge >= 0.3 is 0 Å². The minimum absolute atomic E-state index is 0.566. The summed E-state index contributed by atoms with van der Waals surface area (Å²) >= 11 is 0. The van der Waals surface area contributed by atoms with Gasteiger partial charge in [-0.1, -0.05) is 23.4 Å². The lowest BCUT2D eigenvalue weighted by Gasteiger charge is -2.08. The third kappa shape index (κ3) is 2.75. The zero-order valence-corrected chi connectivity index (χ0v) is 10.6. The van der Waals surface area contributed by atoms with Gasteiger partial charge in [-0.3, -0.25) is 0 Å². The Kier molecular flexibility index (Phi) is 4.07. The minimum atomic E-state index is -0.607. The SMILES string of the molecule is COCCc1ccccc1-n1cc(C(C)O)nn1. The number of benzene rings is 1. The molecule has 5 heteroatoms. The number of hydrogen-bond donors (Lipinski definition) is 1. The normalized spacial score (nSPS) is 12.6. The second-order valence-electron chi connectivity index (χ2n) is 4.14. The molecular weight excluding hydrogens is 230 g/mol. The Bertz CT molecular complexity index is 508. The summed E-state index contributed by atoms with van der Waals surface area (Å²) in [6, 6.07) is 7.96. The first-order valence-corrected chi connectivity index (χ1v) is 5.90. The second-order valence-corrected chi connectivity index (χ2v) is 4.14. The van der Waals surface area contributed by atoms with Gasteiger partial charge in [0.05, 0.1) is 24.6 Å². The van der Waals surface area contributed by atoms with Gasteiger partial charge in [0.1, 0.15) is 5.69 Å². The van der Waals surface area contributed by atoms with Crippen LogP contribution in [0, 0.1) is 0 Å². The van der Waals surface area contributed by atoms with Crippen LogP contribution < -0.4 is 0 Å². The summed E-state index contributed by atoms with van der Waals surface area (Å²) in [6.45, 7) is 2.33. The van der Waals surface area contributed by atoms with E-state index in [9.17, 15) is 5.11 Å². The van der Waals surface area contributed by atoms with Crippen LogP contribution >= 0.6 is 0 Å². The summed E-state index contributed by atoms with van der Waals surface area (Å²) in [5.41, 5.74) is 2.67. The van der Waals surface area contributed by atoms with E-state index in [0.29, 0.717) is 12.3 Å². The third-order valence-corrected chi connectivity index (χ3v) is 2.75. The zero-order chi connectivity index (χ0) is 13.0. The van der Waals surface area contributed by atoms with E-state index in [1.54, 1.807) is 24.9 Å². The van der Waals surface area contributed by atoms with Gasteiger partial charge in [-0.25, -0.2) is 4.68 Å². The molecule has 0 aliphatic heterocycles. The fourth-order valence-corrected chi connectivity index (χ4v) is 1.74. The molecule has 1 aromatic heterocycles. The first kappa shape index (κ1) is 12.7. The van der Waals surface area contributed by atoms with Gasteiger partial charge in [0, 0.05) is 7.11 Å². The van der Waals surface area contributed by atoms with Crippen LogP contribution in [0.5, 0.6) is 0 Å². The molecule has 1 aromatic carbocycles. The van der Waals surface area contributed by atoms with E-state index < -0.39 is 6.10 Å². The molecule has 18 heavy (non-hydrogen) atoms. The van der Waals surface area contributed by atoms with Gasteiger partial charge in [-0.05, 0) is 25.0 Å². The molecule has 0 saturated heterocycles. The zero-order valence-electron chi connectivity index (χ0n) is 10.6. The van der Waals surface area contributed by atoms with Crippen molar-refractivity contribution in [1.29, 1.82) is 0 Å². The Balaban J connectivity index is 2.30. The summed E-state index contributed by atoms with van der Waals surface area (Å²) in [5, 5.41) is 17.4. The topological polar surface area (TPSA) is 60.2 Å². The maximum absolute atomic E-state index is 9.46. The highest BCUT2D eigenvalue weighted by molar-refractivity contribution is 5.40. The van der Waals surface area contributed by atoms with Crippen molar-refractivity contribution in [2.24, 2.45) is 0 Å². The lowest BCUT2D eigenvalue weighted by molar-refractivity contribution is 0.194. The molecule has 0 spiro atoms. The lowest BCUT2D eigenvalue weighted by Crippen LogP contribution is -2.03. The average Bonchev–Trinajstić information content (AvgIpc) is 2.86. The van der Waals surface area contributed by atoms with E-state index in [1.807, 2.05) is 24.3 Å². The van der Waals surface area contributed by atoms with E-state index in [1.165, 1.54) is 0 Å². The molecule has 1 heterocycles. The lowest BCUT2D eigenvalue weighted by atomic mass is 10.1. The quantitative estimate of drug-likeness (QED) is 0.870. The van der Waals surface area contributed by atoms with Crippen molar-refractivity contribution in [2.75, 3.05) is 13.7 Å². The number of methoxy groups -OCH3 is 1. The summed E-state index contributed by atoms with van der Waals surface area (Å²) in [4.78, 5) is 0. The van der Waals surface area contributed by atoms with Crippen molar-refractivity contribution >= 4 is 0 Å². The summed E-state index contributed by atoms with van der Waals surface area (Å²) in [7, 11) is 1.68. The Morgan fingerprint density at radius 2 is 2.17 bits per heavy atom. The highest BCUT2D eigenvalue weighted by Gasteiger charge is 2.09. The minimum Gasteiger partial charge on any atom is -0.387 e. The van der Waals surface area contributed by atoms with Crippen LogP contribution in [0.1, 0.15) is 24.3 Å². The number of nitrogens with zero attached hydrogens (tertiary/aromatic N) is 3. The van der Waals surface area contributed by atoms with Crippen molar-refractivity contribution in [3.8, 4) is 5.69 Å². The van der Waals surface area contributed by atoms with Crippen LogP contribution in [-0.2, 0) is 11.2 Å². The van der Waals surface area contributed by atoms with Crippen molar-refractivity contribution < 1.29 is 9.84 Å². The standard InChI is InChI=1S/C13H17N3O2/c1-10(17)12-9-16(15-14-12)13-6-4-3-5-11(13)7-8-18-2/h3-6,9-10,17H,7-8H2,1-2H3. The molecule has 0 saturated carbocycles. The predicted molar refractivity (Wildman–Crippen MR) is 67.6 cm³/mol. The first-order valence-electron chi connectivity index (χ1n) is 5.90. The Hall–Kier alpha value is -1.72. The Morgan fingerprint density at radius 3 is 2.83 bits per heavy atom. The highest BCUT2D eigenvalue weighted by atomic mass is 16.5. The summed E-state index contributed by atoms with van der Waals surface area (Å²) in [6.07, 6.45) is 1.96. The number of rotatable bonds is 5. The Labute approximate surface area is 106 Å². The number of ether oxygens (including phenoxy) is 1. The van der Waals surface area contributed by atoms with Crippen molar-refractivity contribution in [3.63, 3.8) is 0 Å². The monoisotopic (exact) mass is 247 g/mol. The van der Waals surface area contributed by atoms with Gasteiger partial charge in [0.2, 0.25) is 0 Å². The molecule has 96 valence electrons. The number of para-hydroxylation sites is 1. The van der Waals surface area contributed by atoms with Gasteiger partial charge in [-0.15, -0.1) is 5.10 Å². The molecule has 0 radical (unpaired) electrons. The van der Waals surface area contributed by atoms with Crippen molar-refractivity contribution in [3.05, 3.63) is 41.7 Å². The van der Waals surface area contributed by atoms with Crippen LogP contribution in [0.2, 0.25) is 0 Å². The molecule has 0 aliphatic carbocycles. The third-order valence-electron chi connectivity index (χ3n) is 2.75. The maximum Gasteiger partial charge on any atom is 0.111 e. The number of aliphatic hydroxyl groups excluding tert-OH is 1. The average molecular weight is 247 g/mol. The number of hydrogen-bond acceptors (Lipinski definition) is 4.